The summed E-state index contributed by atoms with van der Waals surface area (Å²) in [6.45, 7) is 1.85. The molecule has 4 heterocycles. The minimum atomic E-state index is -3.67. The Morgan fingerprint density at radius 1 is 1.18 bits per heavy atom. The number of H-pyrrole nitrogens is 1. The number of carbonyl (C=O) groups excluding carboxylic acids is 1. The van der Waals surface area contributed by atoms with Crippen LogP contribution in [0.2, 0.25) is 0 Å². The maximum absolute atomic E-state index is 13.2. The number of anilines is 1. The summed E-state index contributed by atoms with van der Waals surface area (Å²) >= 11 is 0. The van der Waals surface area contributed by atoms with Crippen molar-refractivity contribution in [3.05, 3.63) is 36.8 Å². The highest BCUT2D eigenvalue weighted by Gasteiger charge is 2.38. The number of sulfonamides is 1. The second-order valence-electron chi connectivity index (χ2n) is 7.16. The predicted molar refractivity (Wildman–Crippen MR) is 102 cm³/mol. The van der Waals surface area contributed by atoms with E-state index < -0.39 is 10.0 Å². The van der Waals surface area contributed by atoms with Crippen LogP contribution in [0.25, 0.3) is 11.0 Å². The van der Waals surface area contributed by atoms with Crippen molar-refractivity contribution < 1.29 is 13.2 Å². The Morgan fingerprint density at radius 2 is 2.04 bits per heavy atom. The molecule has 3 aromatic rings. The Balaban J connectivity index is 1.40. The molecule has 9 nitrogen and oxygen atoms in total. The van der Waals surface area contributed by atoms with Gasteiger partial charge in [0, 0.05) is 26.2 Å². The minimum absolute atomic E-state index is 0.0569. The molecular weight excluding hydrogens is 380 g/mol. The number of nitrogens with zero attached hydrogens (tertiary/aromatic N) is 5. The molecule has 10 heteroatoms. The zero-order valence-corrected chi connectivity index (χ0v) is 16.0. The molecule has 0 saturated carbocycles. The zero-order valence-electron chi connectivity index (χ0n) is 15.2. The molecule has 0 spiro atoms. The number of benzene rings is 1. The SMILES string of the molecule is O=C(C1CCCN(S(=O)(=O)c2cnc[nH]2)C1)N1CCn2c1nc1ccccc12. The normalized spacial score (nSPS) is 20.6. The van der Waals surface area contributed by atoms with Crippen LogP contribution in [0.4, 0.5) is 5.95 Å². The lowest BCUT2D eigenvalue weighted by Gasteiger charge is -2.32. The van der Waals surface area contributed by atoms with E-state index in [1.165, 1.54) is 16.8 Å². The largest absolute Gasteiger partial charge is 0.335 e. The number of aromatic nitrogens is 4. The van der Waals surface area contributed by atoms with Crippen LogP contribution in [0, 0.1) is 5.92 Å². The Labute approximate surface area is 162 Å². The lowest BCUT2D eigenvalue weighted by molar-refractivity contribution is -0.123. The summed E-state index contributed by atoms with van der Waals surface area (Å²) in [6.07, 6.45) is 3.95. The summed E-state index contributed by atoms with van der Waals surface area (Å²) in [7, 11) is -3.67. The van der Waals surface area contributed by atoms with Gasteiger partial charge in [-0.15, -0.1) is 0 Å². The maximum Gasteiger partial charge on any atom is 0.260 e. The fraction of sp³-hybridized carbons (Fsp3) is 0.389. The highest BCUT2D eigenvalue weighted by molar-refractivity contribution is 7.89. The van der Waals surface area contributed by atoms with Gasteiger partial charge in [0.1, 0.15) is 0 Å². The molecule has 1 fully saturated rings. The van der Waals surface area contributed by atoms with Gasteiger partial charge in [-0.25, -0.2) is 18.4 Å². The molecule has 2 aliphatic heterocycles. The highest BCUT2D eigenvalue weighted by atomic mass is 32.2. The van der Waals surface area contributed by atoms with Crippen LogP contribution in [-0.4, -0.2) is 57.8 Å². The van der Waals surface area contributed by atoms with Gasteiger partial charge in [0.25, 0.3) is 10.0 Å². The minimum Gasteiger partial charge on any atom is -0.335 e. The third-order valence-electron chi connectivity index (χ3n) is 5.51. The average Bonchev–Trinajstić information content (AvgIpc) is 3.44. The molecule has 1 saturated heterocycles. The summed E-state index contributed by atoms with van der Waals surface area (Å²) in [5, 5.41) is 0.0589. The van der Waals surface area contributed by atoms with Crippen molar-refractivity contribution in [3.8, 4) is 0 Å². The standard InChI is InChI=1S/C18H20N6O3S/c25-17(24-9-8-23-15-6-2-1-5-14(15)21-18(23)24)13-4-3-7-22(11-13)28(26,27)16-10-19-12-20-16/h1-2,5-6,10,12-13H,3-4,7-9,11H2,(H,19,20). The van der Waals surface area contributed by atoms with Gasteiger partial charge < -0.3 is 9.55 Å². The number of amides is 1. The van der Waals surface area contributed by atoms with Crippen molar-refractivity contribution in [1.82, 2.24) is 23.8 Å². The van der Waals surface area contributed by atoms with E-state index in [0.717, 1.165) is 11.0 Å². The van der Waals surface area contributed by atoms with Gasteiger partial charge in [-0.05, 0) is 25.0 Å². The van der Waals surface area contributed by atoms with E-state index in [-0.39, 0.29) is 23.4 Å². The monoisotopic (exact) mass is 400 g/mol. The fourth-order valence-corrected chi connectivity index (χ4v) is 5.52. The fourth-order valence-electron chi connectivity index (χ4n) is 4.10. The van der Waals surface area contributed by atoms with Crippen LogP contribution in [-0.2, 0) is 21.4 Å². The van der Waals surface area contributed by atoms with E-state index in [2.05, 4.69) is 19.5 Å². The van der Waals surface area contributed by atoms with E-state index >= 15 is 0 Å². The van der Waals surface area contributed by atoms with Gasteiger partial charge in [0.15, 0.2) is 5.03 Å². The van der Waals surface area contributed by atoms with Crippen molar-refractivity contribution in [3.63, 3.8) is 0 Å². The Morgan fingerprint density at radius 3 is 2.86 bits per heavy atom. The van der Waals surface area contributed by atoms with Crippen molar-refractivity contribution in [2.45, 2.75) is 24.4 Å². The number of carbonyl (C=O) groups is 1. The molecule has 5 rings (SSSR count). The number of rotatable bonds is 3. The van der Waals surface area contributed by atoms with Gasteiger partial charge in [-0.3, -0.25) is 9.69 Å². The summed E-state index contributed by atoms with van der Waals surface area (Å²) in [5.74, 6) is 0.219. The van der Waals surface area contributed by atoms with Gasteiger partial charge >= 0.3 is 0 Å². The number of imidazole rings is 2. The molecule has 2 aliphatic rings. The van der Waals surface area contributed by atoms with E-state index in [0.29, 0.717) is 38.4 Å². The molecule has 146 valence electrons. The number of hydrogen-bond acceptors (Lipinski definition) is 5. The summed E-state index contributed by atoms with van der Waals surface area (Å²) in [4.78, 5) is 26.0. The number of fused-ring (bicyclic) bond motifs is 3. The first-order valence-corrected chi connectivity index (χ1v) is 10.7. The zero-order chi connectivity index (χ0) is 19.3. The molecule has 1 aromatic carbocycles. The van der Waals surface area contributed by atoms with E-state index in [1.54, 1.807) is 4.90 Å². The van der Waals surface area contributed by atoms with Crippen LogP contribution in [0.5, 0.6) is 0 Å². The third-order valence-corrected chi connectivity index (χ3v) is 7.30. The Hall–Kier alpha value is -2.72. The van der Waals surface area contributed by atoms with Gasteiger partial charge in [0.05, 0.1) is 29.5 Å². The number of aromatic amines is 1. The highest BCUT2D eigenvalue weighted by Crippen LogP contribution is 2.31. The average molecular weight is 400 g/mol. The summed E-state index contributed by atoms with van der Waals surface area (Å²) in [6, 6.07) is 7.82. The number of para-hydroxylation sites is 2. The molecule has 1 unspecified atom stereocenters. The smallest absolute Gasteiger partial charge is 0.260 e. The van der Waals surface area contributed by atoms with Gasteiger partial charge in [0.2, 0.25) is 11.9 Å². The predicted octanol–water partition coefficient (Wildman–Crippen LogP) is 1.21. The number of hydrogen-bond donors (Lipinski definition) is 1. The van der Waals surface area contributed by atoms with Crippen LogP contribution >= 0.6 is 0 Å². The van der Waals surface area contributed by atoms with Crippen molar-refractivity contribution in [1.29, 1.82) is 0 Å². The third kappa shape index (κ3) is 2.63. The molecule has 1 amide bonds. The summed E-state index contributed by atoms with van der Waals surface area (Å²) < 4.78 is 29.0. The molecule has 2 aromatic heterocycles. The second-order valence-corrected chi connectivity index (χ2v) is 9.07. The van der Waals surface area contributed by atoms with Crippen LogP contribution < -0.4 is 4.90 Å². The molecule has 0 bridgehead atoms. The lowest BCUT2D eigenvalue weighted by atomic mass is 9.98. The second kappa shape index (κ2) is 6.42. The van der Waals surface area contributed by atoms with E-state index in [4.69, 9.17) is 0 Å². The van der Waals surface area contributed by atoms with Gasteiger partial charge in [-0.2, -0.15) is 4.31 Å². The van der Waals surface area contributed by atoms with Crippen LogP contribution in [0.1, 0.15) is 12.8 Å². The topological polar surface area (TPSA) is 104 Å². The van der Waals surface area contributed by atoms with E-state index in [1.807, 2.05) is 24.3 Å². The molecule has 28 heavy (non-hydrogen) atoms. The first kappa shape index (κ1) is 17.4. The van der Waals surface area contributed by atoms with Crippen LogP contribution in [0.15, 0.2) is 41.8 Å². The maximum atomic E-state index is 13.2. The molecular formula is C18H20N6O3S. The van der Waals surface area contributed by atoms with E-state index in [9.17, 15) is 13.2 Å². The lowest BCUT2D eigenvalue weighted by Crippen LogP contribution is -2.46. The first-order valence-electron chi connectivity index (χ1n) is 9.31. The van der Waals surface area contributed by atoms with Crippen molar-refractivity contribution in [2.24, 2.45) is 5.92 Å². The first-order chi connectivity index (χ1) is 13.6. The quantitative estimate of drug-likeness (QED) is 0.712. The van der Waals surface area contributed by atoms with Gasteiger partial charge in [-0.1, -0.05) is 12.1 Å². The Kier molecular flexibility index (Phi) is 3.98. The van der Waals surface area contributed by atoms with Crippen LogP contribution in [0.3, 0.4) is 0 Å². The van der Waals surface area contributed by atoms with Crippen molar-refractivity contribution >= 4 is 32.9 Å². The van der Waals surface area contributed by atoms with Crippen molar-refractivity contribution in [2.75, 3.05) is 24.5 Å². The number of piperidine rings is 1. The number of nitrogens with one attached hydrogen (secondary N) is 1. The molecule has 1 N–H and O–H groups in total. The summed E-state index contributed by atoms with van der Waals surface area (Å²) in [5.41, 5.74) is 1.88. The molecule has 0 radical (unpaired) electrons. The molecule has 0 aliphatic carbocycles. The molecule has 1 atom stereocenters. The Bertz CT molecular complexity index is 1140.